The Morgan fingerprint density at radius 3 is 2.27 bits per heavy atom. The second-order valence-corrected chi connectivity index (χ2v) is 6.39. The molecule has 0 spiro atoms. The van der Waals surface area contributed by atoms with Crippen LogP contribution in [0, 0.1) is 0 Å². The molecule has 9 nitrogen and oxygen atoms in total. The number of hydrogen-bond donors (Lipinski definition) is 2. The number of hydrogen-bond acceptors (Lipinski definition) is 6. The van der Waals surface area contributed by atoms with Gasteiger partial charge in [-0.25, -0.2) is 14.3 Å². The predicted octanol–water partition coefficient (Wildman–Crippen LogP) is 0.281. The number of carbonyl (C=O) groups is 1. The van der Waals surface area contributed by atoms with Crippen LogP contribution in [0.5, 0.6) is 0 Å². The standard InChI is InChI=1S/C17H23N5O4/c1-10(18-14-15(23)21(4)17(26)22(5)19-14)13(20(2)3)11-6-8-12(9-7-11)16(24)25/h6-10,13H,1-5H3,(H,18,19)(H,24,25)/t10-,13+/m0/s1. The van der Waals surface area contributed by atoms with Crippen LogP contribution in [0.25, 0.3) is 0 Å². The van der Waals surface area contributed by atoms with Crippen LogP contribution in [0.4, 0.5) is 5.82 Å². The molecule has 9 heteroatoms. The van der Waals surface area contributed by atoms with E-state index in [1.165, 1.54) is 14.1 Å². The van der Waals surface area contributed by atoms with Gasteiger partial charge in [0.05, 0.1) is 11.6 Å². The Kier molecular flexibility index (Phi) is 5.61. The number of benzene rings is 1. The van der Waals surface area contributed by atoms with Crippen molar-refractivity contribution in [2.24, 2.45) is 14.1 Å². The number of aryl methyl sites for hydroxylation is 1. The minimum Gasteiger partial charge on any atom is -0.478 e. The molecule has 0 amide bonds. The molecule has 140 valence electrons. The van der Waals surface area contributed by atoms with Gasteiger partial charge in [0.25, 0.3) is 5.56 Å². The topological polar surface area (TPSA) is 109 Å². The van der Waals surface area contributed by atoms with Crippen LogP contribution >= 0.6 is 0 Å². The molecule has 1 aromatic carbocycles. The second kappa shape index (κ2) is 7.52. The summed E-state index contributed by atoms with van der Waals surface area (Å²) < 4.78 is 2.09. The second-order valence-electron chi connectivity index (χ2n) is 6.39. The van der Waals surface area contributed by atoms with E-state index in [2.05, 4.69) is 10.4 Å². The third-order valence-electron chi connectivity index (χ3n) is 4.21. The summed E-state index contributed by atoms with van der Waals surface area (Å²) in [6.45, 7) is 1.89. The molecule has 2 aromatic rings. The third-order valence-corrected chi connectivity index (χ3v) is 4.21. The average molecular weight is 361 g/mol. The Balaban J connectivity index is 2.35. The van der Waals surface area contributed by atoms with E-state index in [4.69, 9.17) is 5.11 Å². The SMILES string of the molecule is C[C@H](Nc1nn(C)c(=O)n(C)c1=O)[C@H](c1ccc(C(=O)O)cc1)N(C)C. The maximum atomic E-state index is 12.3. The molecule has 1 aromatic heterocycles. The van der Waals surface area contributed by atoms with E-state index >= 15 is 0 Å². The van der Waals surface area contributed by atoms with Crippen LogP contribution in [0.3, 0.4) is 0 Å². The van der Waals surface area contributed by atoms with Gasteiger partial charge in [0.1, 0.15) is 0 Å². The van der Waals surface area contributed by atoms with Crippen molar-refractivity contribution in [1.29, 1.82) is 0 Å². The zero-order valence-corrected chi connectivity index (χ0v) is 15.4. The van der Waals surface area contributed by atoms with E-state index in [-0.39, 0.29) is 23.5 Å². The zero-order valence-electron chi connectivity index (χ0n) is 15.4. The minimum absolute atomic E-state index is 0.0797. The molecule has 1 heterocycles. The normalized spacial score (nSPS) is 13.5. The summed E-state index contributed by atoms with van der Waals surface area (Å²) in [7, 11) is 6.66. The molecule has 2 N–H and O–H groups in total. The first-order valence-corrected chi connectivity index (χ1v) is 8.04. The van der Waals surface area contributed by atoms with Crippen molar-refractivity contribution in [2.75, 3.05) is 19.4 Å². The van der Waals surface area contributed by atoms with E-state index in [0.717, 1.165) is 14.8 Å². The summed E-state index contributed by atoms with van der Waals surface area (Å²) in [6.07, 6.45) is 0. The van der Waals surface area contributed by atoms with Gasteiger partial charge < -0.3 is 15.3 Å². The fraction of sp³-hybridized carbons (Fsp3) is 0.412. The quantitative estimate of drug-likeness (QED) is 0.760. The van der Waals surface area contributed by atoms with Crippen molar-refractivity contribution in [3.63, 3.8) is 0 Å². The lowest BCUT2D eigenvalue weighted by Crippen LogP contribution is -2.42. The largest absolute Gasteiger partial charge is 0.478 e. The van der Waals surface area contributed by atoms with Crippen molar-refractivity contribution >= 4 is 11.8 Å². The minimum atomic E-state index is -0.984. The lowest BCUT2D eigenvalue weighted by Gasteiger charge is -2.31. The number of carboxylic acids is 1. The lowest BCUT2D eigenvalue weighted by molar-refractivity contribution is 0.0697. The Bertz CT molecular complexity index is 914. The third kappa shape index (κ3) is 3.83. The fourth-order valence-electron chi connectivity index (χ4n) is 2.94. The van der Waals surface area contributed by atoms with Gasteiger partial charge in [0.15, 0.2) is 0 Å². The Labute approximate surface area is 150 Å². The molecule has 0 aliphatic carbocycles. The number of likely N-dealkylation sites (N-methyl/N-ethyl adjacent to an activating group) is 1. The smallest absolute Gasteiger partial charge is 0.346 e. The van der Waals surface area contributed by atoms with E-state index in [1.807, 2.05) is 25.9 Å². The Hall–Kier alpha value is -2.94. The number of carboxylic acid groups (broad SMARTS) is 1. The average Bonchev–Trinajstić information content (AvgIpc) is 2.58. The number of aromatic nitrogens is 3. The monoisotopic (exact) mass is 361 g/mol. The Morgan fingerprint density at radius 1 is 1.19 bits per heavy atom. The summed E-state index contributed by atoms with van der Waals surface area (Å²) in [5.41, 5.74) is 0.0995. The fourth-order valence-corrected chi connectivity index (χ4v) is 2.94. The zero-order chi connectivity index (χ0) is 19.6. The van der Waals surface area contributed by atoms with Crippen LogP contribution in [-0.2, 0) is 14.1 Å². The maximum absolute atomic E-state index is 12.3. The van der Waals surface area contributed by atoms with Crippen molar-refractivity contribution in [2.45, 2.75) is 19.0 Å². The first kappa shape index (κ1) is 19.4. The first-order chi connectivity index (χ1) is 12.1. The number of rotatable bonds is 6. The highest BCUT2D eigenvalue weighted by Gasteiger charge is 2.23. The van der Waals surface area contributed by atoms with E-state index in [9.17, 15) is 14.4 Å². The highest BCUT2D eigenvalue weighted by atomic mass is 16.4. The van der Waals surface area contributed by atoms with Crippen LogP contribution in [-0.4, -0.2) is 50.5 Å². The summed E-state index contributed by atoms with van der Waals surface area (Å²) >= 11 is 0. The first-order valence-electron chi connectivity index (χ1n) is 8.04. The van der Waals surface area contributed by atoms with Crippen molar-refractivity contribution in [3.05, 3.63) is 56.2 Å². The number of nitrogens with zero attached hydrogens (tertiary/aromatic N) is 4. The molecule has 0 unspecified atom stereocenters. The van der Waals surface area contributed by atoms with Crippen LogP contribution in [0.1, 0.15) is 28.9 Å². The number of nitrogens with one attached hydrogen (secondary N) is 1. The molecule has 2 rings (SSSR count). The van der Waals surface area contributed by atoms with Gasteiger partial charge in [-0.1, -0.05) is 12.1 Å². The van der Waals surface area contributed by atoms with E-state index < -0.39 is 17.2 Å². The van der Waals surface area contributed by atoms with Gasteiger partial charge in [-0.2, -0.15) is 0 Å². The summed E-state index contributed by atoms with van der Waals surface area (Å²) in [6, 6.07) is 6.20. The van der Waals surface area contributed by atoms with Gasteiger partial charge in [0.2, 0.25) is 5.82 Å². The van der Waals surface area contributed by atoms with Crippen LogP contribution < -0.4 is 16.6 Å². The van der Waals surface area contributed by atoms with Crippen molar-refractivity contribution < 1.29 is 9.90 Å². The predicted molar refractivity (Wildman–Crippen MR) is 97.6 cm³/mol. The highest BCUT2D eigenvalue weighted by molar-refractivity contribution is 5.87. The molecule has 0 radical (unpaired) electrons. The molecule has 0 aliphatic heterocycles. The molecule has 2 atom stereocenters. The van der Waals surface area contributed by atoms with Gasteiger partial charge in [-0.05, 0) is 38.7 Å². The molecule has 0 bridgehead atoms. The van der Waals surface area contributed by atoms with Crippen LogP contribution in [0.15, 0.2) is 33.9 Å². The van der Waals surface area contributed by atoms with E-state index in [1.54, 1.807) is 24.3 Å². The maximum Gasteiger partial charge on any atom is 0.346 e. The molecule has 0 fully saturated rings. The van der Waals surface area contributed by atoms with Crippen molar-refractivity contribution in [3.8, 4) is 0 Å². The molecule has 0 saturated heterocycles. The summed E-state index contributed by atoms with van der Waals surface area (Å²) in [5.74, 6) is -0.905. The summed E-state index contributed by atoms with van der Waals surface area (Å²) in [5, 5.41) is 16.1. The molecule has 0 aliphatic rings. The van der Waals surface area contributed by atoms with E-state index in [0.29, 0.717) is 0 Å². The molecule has 0 saturated carbocycles. The van der Waals surface area contributed by atoms with Gasteiger partial charge in [-0.3, -0.25) is 9.36 Å². The molecular formula is C17H23N5O4. The van der Waals surface area contributed by atoms with Gasteiger partial charge in [0, 0.05) is 20.1 Å². The summed E-state index contributed by atoms with van der Waals surface area (Å²) in [4.78, 5) is 37.0. The van der Waals surface area contributed by atoms with Gasteiger partial charge in [-0.15, -0.1) is 5.10 Å². The molecular weight excluding hydrogens is 338 g/mol. The number of anilines is 1. The lowest BCUT2D eigenvalue weighted by atomic mass is 9.98. The highest BCUT2D eigenvalue weighted by Crippen LogP contribution is 2.24. The van der Waals surface area contributed by atoms with Crippen LogP contribution in [0.2, 0.25) is 0 Å². The number of aromatic carboxylic acids is 1. The Morgan fingerprint density at radius 2 is 1.77 bits per heavy atom. The molecule has 26 heavy (non-hydrogen) atoms. The van der Waals surface area contributed by atoms with Crippen molar-refractivity contribution in [1.82, 2.24) is 19.2 Å². The van der Waals surface area contributed by atoms with Gasteiger partial charge >= 0.3 is 11.7 Å².